The fourth-order valence-electron chi connectivity index (χ4n) is 2.91. The van der Waals surface area contributed by atoms with E-state index in [9.17, 15) is 14.4 Å². The number of nitrogens with zero attached hydrogens (tertiary/aromatic N) is 3. The number of benzene rings is 1. The molecule has 0 aliphatic heterocycles. The largest absolute Gasteiger partial charge is 0.465 e. The topological polar surface area (TPSA) is 126 Å². The van der Waals surface area contributed by atoms with Gasteiger partial charge in [0.15, 0.2) is 16.7 Å². The second kappa shape index (κ2) is 10.6. The van der Waals surface area contributed by atoms with Crippen molar-refractivity contribution < 1.29 is 28.3 Å². The molecule has 168 valence electrons. The number of thioether (sulfide) groups is 1. The van der Waals surface area contributed by atoms with Crippen molar-refractivity contribution >= 4 is 35.3 Å². The number of hydrogen-bond donors (Lipinski definition) is 1. The molecule has 0 fully saturated rings. The van der Waals surface area contributed by atoms with Gasteiger partial charge in [0.1, 0.15) is 0 Å². The van der Waals surface area contributed by atoms with Crippen molar-refractivity contribution in [2.24, 2.45) is 0 Å². The molecule has 1 amide bonds. The van der Waals surface area contributed by atoms with Crippen molar-refractivity contribution in [3.05, 3.63) is 47.7 Å². The first-order valence-corrected chi connectivity index (χ1v) is 10.7. The molecule has 3 rings (SSSR count). The van der Waals surface area contributed by atoms with E-state index < -0.39 is 17.8 Å². The van der Waals surface area contributed by atoms with E-state index in [0.717, 1.165) is 6.42 Å². The predicted molar refractivity (Wildman–Crippen MR) is 116 cm³/mol. The molecule has 1 aromatic carbocycles. The van der Waals surface area contributed by atoms with Gasteiger partial charge in [-0.05, 0) is 36.8 Å². The molecule has 0 saturated heterocycles. The first kappa shape index (κ1) is 23.1. The third-order valence-corrected chi connectivity index (χ3v) is 5.32. The van der Waals surface area contributed by atoms with Crippen molar-refractivity contribution in [3.63, 3.8) is 0 Å². The van der Waals surface area contributed by atoms with Crippen molar-refractivity contribution in [2.45, 2.75) is 25.0 Å². The molecule has 0 bridgehead atoms. The van der Waals surface area contributed by atoms with Crippen molar-refractivity contribution in [3.8, 4) is 11.6 Å². The maximum Gasteiger partial charge on any atom is 0.339 e. The van der Waals surface area contributed by atoms with Crippen LogP contribution in [0.4, 0.5) is 5.69 Å². The molecule has 0 radical (unpaired) electrons. The van der Waals surface area contributed by atoms with E-state index in [0.29, 0.717) is 23.3 Å². The highest BCUT2D eigenvalue weighted by molar-refractivity contribution is 7.99. The van der Waals surface area contributed by atoms with Gasteiger partial charge in [0, 0.05) is 6.54 Å². The quantitative estimate of drug-likeness (QED) is 0.380. The number of amides is 1. The average molecular weight is 458 g/mol. The third-order valence-electron chi connectivity index (χ3n) is 4.36. The summed E-state index contributed by atoms with van der Waals surface area (Å²) >= 11 is 1.20. The molecule has 11 heteroatoms. The zero-order chi connectivity index (χ0) is 23.1. The third kappa shape index (κ3) is 5.17. The number of nitrogens with one attached hydrogen (secondary N) is 1. The summed E-state index contributed by atoms with van der Waals surface area (Å²) in [6.45, 7) is 2.68. The highest BCUT2D eigenvalue weighted by Gasteiger charge is 2.19. The molecule has 2 aromatic heterocycles. The molecule has 0 unspecified atom stereocenters. The second-order valence-electron chi connectivity index (χ2n) is 6.52. The van der Waals surface area contributed by atoms with Crippen molar-refractivity contribution in [1.29, 1.82) is 0 Å². The molecule has 0 aliphatic rings. The van der Waals surface area contributed by atoms with E-state index in [1.165, 1.54) is 44.2 Å². The number of methoxy groups -OCH3 is 2. The maximum absolute atomic E-state index is 12.6. The van der Waals surface area contributed by atoms with Crippen LogP contribution in [0.1, 0.15) is 34.1 Å². The molecule has 3 aromatic rings. The van der Waals surface area contributed by atoms with Gasteiger partial charge >= 0.3 is 11.9 Å². The number of anilines is 1. The monoisotopic (exact) mass is 458 g/mol. The number of ether oxygens (including phenoxy) is 2. The number of furan rings is 1. The van der Waals surface area contributed by atoms with Crippen LogP contribution in [0.15, 0.2) is 46.2 Å². The van der Waals surface area contributed by atoms with Gasteiger partial charge in [-0.2, -0.15) is 0 Å². The van der Waals surface area contributed by atoms with Gasteiger partial charge in [0.05, 0.1) is 43.0 Å². The Labute approximate surface area is 188 Å². The second-order valence-corrected chi connectivity index (χ2v) is 7.46. The zero-order valence-corrected chi connectivity index (χ0v) is 18.6. The zero-order valence-electron chi connectivity index (χ0n) is 17.8. The summed E-state index contributed by atoms with van der Waals surface area (Å²) in [5.74, 6) is -0.460. The maximum atomic E-state index is 12.6. The summed E-state index contributed by atoms with van der Waals surface area (Å²) in [6, 6.07) is 7.75. The van der Waals surface area contributed by atoms with Crippen LogP contribution in [-0.4, -0.2) is 52.6 Å². The number of aromatic nitrogens is 3. The lowest BCUT2D eigenvalue weighted by Gasteiger charge is -2.11. The van der Waals surface area contributed by atoms with Gasteiger partial charge < -0.3 is 19.2 Å². The minimum atomic E-state index is -0.643. The Kier molecular flexibility index (Phi) is 7.66. The number of hydrogen-bond acceptors (Lipinski definition) is 9. The highest BCUT2D eigenvalue weighted by atomic mass is 32.2. The van der Waals surface area contributed by atoms with E-state index in [1.54, 1.807) is 18.4 Å². The van der Waals surface area contributed by atoms with Gasteiger partial charge in [0.2, 0.25) is 5.91 Å². The summed E-state index contributed by atoms with van der Waals surface area (Å²) in [5, 5.41) is 11.6. The predicted octanol–water partition coefficient (Wildman–Crippen LogP) is 3.25. The summed E-state index contributed by atoms with van der Waals surface area (Å²) in [7, 11) is 2.48. The first-order valence-electron chi connectivity index (χ1n) is 9.68. The Balaban J connectivity index is 1.76. The van der Waals surface area contributed by atoms with Crippen LogP contribution in [0.25, 0.3) is 11.6 Å². The lowest BCUT2D eigenvalue weighted by molar-refractivity contribution is -0.113. The SMILES string of the molecule is CCCn1c(SCC(=O)Nc2cc(C(=O)OC)ccc2C(=O)OC)nnc1-c1ccco1. The Hall–Kier alpha value is -3.60. The van der Waals surface area contributed by atoms with Crippen LogP contribution in [0.3, 0.4) is 0 Å². The lowest BCUT2D eigenvalue weighted by Crippen LogP contribution is -2.18. The standard InChI is InChI=1S/C21H22N4O6S/c1-4-9-25-18(16-6-5-10-31-16)23-24-21(25)32-12-17(26)22-15-11-13(19(27)29-2)7-8-14(15)20(28)30-3/h5-8,10-11H,4,9,12H2,1-3H3,(H,22,26). The van der Waals surface area contributed by atoms with E-state index >= 15 is 0 Å². The summed E-state index contributed by atoms with van der Waals surface area (Å²) in [6.07, 6.45) is 2.40. The van der Waals surface area contributed by atoms with E-state index in [-0.39, 0.29) is 22.6 Å². The first-order chi connectivity index (χ1) is 15.5. The number of carbonyl (C=O) groups is 3. The molecular formula is C21H22N4O6S. The molecule has 0 spiro atoms. The van der Waals surface area contributed by atoms with Gasteiger partial charge in [-0.15, -0.1) is 10.2 Å². The smallest absolute Gasteiger partial charge is 0.339 e. The Morgan fingerprint density at radius 3 is 2.56 bits per heavy atom. The average Bonchev–Trinajstić information content (AvgIpc) is 3.47. The van der Waals surface area contributed by atoms with Crippen molar-refractivity contribution in [2.75, 3.05) is 25.3 Å². The van der Waals surface area contributed by atoms with Crippen LogP contribution in [-0.2, 0) is 20.8 Å². The van der Waals surface area contributed by atoms with E-state index in [1.807, 2.05) is 11.5 Å². The molecule has 0 atom stereocenters. The van der Waals surface area contributed by atoms with E-state index in [2.05, 4.69) is 15.5 Å². The van der Waals surface area contributed by atoms with Crippen LogP contribution in [0.2, 0.25) is 0 Å². The van der Waals surface area contributed by atoms with Crippen molar-refractivity contribution in [1.82, 2.24) is 14.8 Å². The minimum absolute atomic E-state index is 0.00304. The Morgan fingerprint density at radius 1 is 1.12 bits per heavy atom. The fraction of sp³-hybridized carbons (Fsp3) is 0.286. The van der Waals surface area contributed by atoms with Crippen LogP contribution >= 0.6 is 11.8 Å². The molecule has 0 saturated carbocycles. The summed E-state index contributed by atoms with van der Waals surface area (Å²) < 4.78 is 16.8. The molecule has 1 N–H and O–H groups in total. The van der Waals surface area contributed by atoms with Gasteiger partial charge in [-0.25, -0.2) is 9.59 Å². The number of carbonyl (C=O) groups excluding carboxylic acids is 3. The normalized spacial score (nSPS) is 10.6. The summed E-state index contributed by atoms with van der Waals surface area (Å²) in [4.78, 5) is 36.5. The molecular weight excluding hydrogens is 436 g/mol. The minimum Gasteiger partial charge on any atom is -0.465 e. The number of rotatable bonds is 9. The molecule has 32 heavy (non-hydrogen) atoms. The molecule has 2 heterocycles. The molecule has 0 aliphatic carbocycles. The van der Waals surface area contributed by atoms with Crippen LogP contribution in [0, 0.1) is 0 Å². The Morgan fingerprint density at radius 2 is 1.91 bits per heavy atom. The number of esters is 2. The van der Waals surface area contributed by atoms with E-state index in [4.69, 9.17) is 13.9 Å². The van der Waals surface area contributed by atoms with Crippen LogP contribution < -0.4 is 5.32 Å². The van der Waals surface area contributed by atoms with Crippen LogP contribution in [0.5, 0.6) is 0 Å². The lowest BCUT2D eigenvalue weighted by atomic mass is 10.1. The van der Waals surface area contributed by atoms with Gasteiger partial charge in [-0.3, -0.25) is 9.36 Å². The molecule has 10 nitrogen and oxygen atoms in total. The summed E-state index contributed by atoms with van der Waals surface area (Å²) in [5.41, 5.74) is 0.457. The Bertz CT molecular complexity index is 1110. The van der Waals surface area contributed by atoms with Gasteiger partial charge in [0.25, 0.3) is 0 Å². The van der Waals surface area contributed by atoms with Gasteiger partial charge in [-0.1, -0.05) is 18.7 Å². The highest BCUT2D eigenvalue weighted by Crippen LogP contribution is 2.25. The fourth-order valence-corrected chi connectivity index (χ4v) is 3.67.